The van der Waals surface area contributed by atoms with E-state index in [1.54, 1.807) is 0 Å². The molecule has 2 unspecified atom stereocenters. The Labute approximate surface area is 206 Å². The van der Waals surface area contributed by atoms with E-state index in [9.17, 15) is 10.2 Å². The lowest BCUT2D eigenvalue weighted by Crippen LogP contribution is -2.79. The highest BCUT2D eigenvalue weighted by Gasteiger charge is 2.76. The van der Waals surface area contributed by atoms with Crippen LogP contribution in [0.25, 0.3) is 0 Å². The molecule has 35 heavy (non-hydrogen) atoms. The number of aromatic hydroxyl groups is 1. The molecule has 0 aromatic heterocycles. The lowest BCUT2D eigenvalue weighted by Gasteiger charge is -2.65. The molecule has 7 aliphatic rings. The van der Waals surface area contributed by atoms with Crippen molar-refractivity contribution in [2.75, 3.05) is 24.5 Å². The van der Waals surface area contributed by atoms with Crippen LogP contribution in [0.1, 0.15) is 65.8 Å². The van der Waals surface area contributed by atoms with E-state index in [0.29, 0.717) is 5.75 Å². The molecule has 5 nitrogen and oxygen atoms in total. The molecule has 1 spiro atoms. The molecule has 2 N–H and O–H groups in total. The minimum absolute atomic E-state index is 0.124. The molecule has 4 heterocycles. The van der Waals surface area contributed by atoms with Gasteiger partial charge in [0, 0.05) is 36.3 Å². The summed E-state index contributed by atoms with van der Waals surface area (Å²) in [6, 6.07) is 8.95. The summed E-state index contributed by atoms with van der Waals surface area (Å²) in [6.45, 7) is 5.45. The lowest BCUT2D eigenvalue weighted by atomic mass is 9.46. The number of benzene rings is 2. The fourth-order valence-corrected chi connectivity index (χ4v) is 9.71. The number of ether oxygens (including phenoxy) is 1. The highest BCUT2D eigenvalue weighted by Crippen LogP contribution is 2.69. The van der Waals surface area contributed by atoms with Crippen LogP contribution in [0.15, 0.2) is 24.3 Å². The smallest absolute Gasteiger partial charge is 0.165 e. The van der Waals surface area contributed by atoms with Gasteiger partial charge in [0.2, 0.25) is 0 Å². The molecule has 9 rings (SSSR count). The summed E-state index contributed by atoms with van der Waals surface area (Å²) in [4.78, 5) is 5.30. The number of aliphatic hydroxyl groups is 1. The van der Waals surface area contributed by atoms with Gasteiger partial charge in [0.05, 0.1) is 17.1 Å². The monoisotopic (exact) mass is 470 g/mol. The molecule has 182 valence electrons. The fourth-order valence-electron chi connectivity index (χ4n) is 9.71. The number of nitrogens with zero attached hydrogens (tertiary/aromatic N) is 2. The van der Waals surface area contributed by atoms with Crippen LogP contribution in [0, 0.1) is 12.8 Å². The number of likely N-dealkylation sites (tertiary alicyclic amines) is 1. The highest BCUT2D eigenvalue weighted by atomic mass is 16.5. The van der Waals surface area contributed by atoms with Crippen molar-refractivity contribution in [3.05, 3.63) is 52.1 Å². The van der Waals surface area contributed by atoms with Gasteiger partial charge >= 0.3 is 0 Å². The minimum Gasteiger partial charge on any atom is -0.504 e. The van der Waals surface area contributed by atoms with E-state index in [2.05, 4.69) is 34.9 Å². The quantitative estimate of drug-likeness (QED) is 0.700. The van der Waals surface area contributed by atoms with Gasteiger partial charge in [0.15, 0.2) is 11.5 Å². The molecular formula is C30H34N2O3. The standard InChI is InChI=1S/C30H34N2O3/c1-16-4-8-20-21-14-30(34)23-13-18-7-9-22(33)27-24(18)29(30,10-12-31(23)15-17-5-6-17)28(35-27)26(21)32-11-2-3-19(16)25(20)32/h4,7-9,17,21,23,26,28,33-34H,2-3,5-6,10-15H2,1H3/t21?,23-,26?,28+,29+,30-/m1/s1. The Morgan fingerprint density at radius 3 is 2.89 bits per heavy atom. The van der Waals surface area contributed by atoms with Crippen LogP contribution in [-0.4, -0.2) is 58.5 Å². The summed E-state index contributed by atoms with van der Waals surface area (Å²) in [6.07, 6.45) is 7.43. The molecule has 6 atom stereocenters. The predicted octanol–water partition coefficient (Wildman–Crippen LogP) is 3.79. The second-order valence-electron chi connectivity index (χ2n) is 12.7. The van der Waals surface area contributed by atoms with Crippen LogP contribution in [-0.2, 0) is 18.3 Å². The van der Waals surface area contributed by atoms with Gasteiger partial charge in [-0.1, -0.05) is 18.2 Å². The Morgan fingerprint density at radius 1 is 1.14 bits per heavy atom. The van der Waals surface area contributed by atoms with Gasteiger partial charge in [-0.05, 0) is 92.7 Å². The van der Waals surface area contributed by atoms with Crippen LogP contribution in [0.4, 0.5) is 5.69 Å². The zero-order chi connectivity index (χ0) is 23.3. The van der Waals surface area contributed by atoms with E-state index >= 15 is 0 Å². The van der Waals surface area contributed by atoms with E-state index < -0.39 is 11.0 Å². The van der Waals surface area contributed by atoms with Crippen molar-refractivity contribution < 1.29 is 14.9 Å². The maximum absolute atomic E-state index is 13.1. The van der Waals surface area contributed by atoms with Gasteiger partial charge in [0.1, 0.15) is 6.10 Å². The summed E-state index contributed by atoms with van der Waals surface area (Å²) in [5.41, 5.74) is 6.94. The maximum atomic E-state index is 13.1. The molecule has 0 radical (unpaired) electrons. The summed E-state index contributed by atoms with van der Waals surface area (Å²) >= 11 is 0. The molecule has 2 aromatic rings. The van der Waals surface area contributed by atoms with Crippen LogP contribution in [0.3, 0.4) is 0 Å². The number of piperidine rings is 1. The third kappa shape index (κ3) is 2.14. The number of fused-ring (bicyclic) bond motifs is 4. The topological polar surface area (TPSA) is 56.2 Å². The van der Waals surface area contributed by atoms with Gasteiger partial charge in [-0.15, -0.1) is 0 Å². The van der Waals surface area contributed by atoms with Gasteiger partial charge in [0.25, 0.3) is 0 Å². The SMILES string of the molecule is Cc1ccc2c3c1CCCN3C1C2C[C@@]2(O)[C@H]3Cc4ccc(O)c5c4[C@@]2(CCN3CC2CC2)[C@H]1O5. The molecule has 4 aliphatic heterocycles. The van der Waals surface area contributed by atoms with Crippen molar-refractivity contribution in [3.8, 4) is 11.5 Å². The summed E-state index contributed by atoms with van der Waals surface area (Å²) in [5.74, 6) is 1.99. The van der Waals surface area contributed by atoms with E-state index in [1.165, 1.54) is 47.2 Å². The number of phenols is 1. The first-order valence-corrected chi connectivity index (χ1v) is 13.9. The Morgan fingerprint density at radius 2 is 2.03 bits per heavy atom. The third-order valence-corrected chi connectivity index (χ3v) is 11.2. The largest absolute Gasteiger partial charge is 0.504 e. The number of anilines is 1. The average Bonchev–Trinajstić information content (AvgIpc) is 3.51. The second kappa shape index (κ2) is 6.18. The van der Waals surface area contributed by atoms with E-state index in [4.69, 9.17) is 4.74 Å². The van der Waals surface area contributed by atoms with Crippen molar-refractivity contribution in [2.24, 2.45) is 5.92 Å². The van der Waals surface area contributed by atoms with E-state index in [-0.39, 0.29) is 29.9 Å². The van der Waals surface area contributed by atoms with Crippen molar-refractivity contribution in [2.45, 2.75) is 87.0 Å². The molecule has 2 aromatic carbocycles. The first-order chi connectivity index (χ1) is 17.0. The van der Waals surface area contributed by atoms with Crippen molar-refractivity contribution in [3.63, 3.8) is 0 Å². The number of aryl methyl sites for hydroxylation is 1. The van der Waals surface area contributed by atoms with Gasteiger partial charge in [-0.2, -0.15) is 0 Å². The Kier molecular flexibility index (Phi) is 3.51. The third-order valence-electron chi connectivity index (χ3n) is 11.2. The predicted molar refractivity (Wildman–Crippen MR) is 134 cm³/mol. The summed E-state index contributed by atoms with van der Waals surface area (Å²) in [5, 5.41) is 24.0. The molecule has 2 bridgehead atoms. The number of phenolic OH excluding ortho intramolecular Hbond substituents is 1. The van der Waals surface area contributed by atoms with Crippen LogP contribution in [0.2, 0.25) is 0 Å². The molecule has 0 amide bonds. The second-order valence-corrected chi connectivity index (χ2v) is 12.7. The van der Waals surface area contributed by atoms with Crippen molar-refractivity contribution in [1.29, 1.82) is 0 Å². The number of hydrogen-bond donors (Lipinski definition) is 2. The zero-order valence-corrected chi connectivity index (χ0v) is 20.5. The Bertz CT molecular complexity index is 1300. The highest BCUT2D eigenvalue weighted by molar-refractivity contribution is 5.73. The fraction of sp³-hybridized carbons (Fsp3) is 0.600. The van der Waals surface area contributed by atoms with Crippen LogP contribution in [0.5, 0.6) is 11.5 Å². The molecule has 3 fully saturated rings. The maximum Gasteiger partial charge on any atom is 0.165 e. The van der Waals surface area contributed by atoms with Gasteiger partial charge in [-0.3, -0.25) is 4.90 Å². The molecule has 5 heteroatoms. The van der Waals surface area contributed by atoms with Crippen LogP contribution >= 0.6 is 0 Å². The normalized spacial score (nSPS) is 39.7. The molecule has 2 saturated carbocycles. The van der Waals surface area contributed by atoms with Crippen molar-refractivity contribution >= 4 is 5.69 Å². The Balaban J connectivity index is 1.28. The van der Waals surface area contributed by atoms with Crippen LogP contribution < -0.4 is 9.64 Å². The molecule has 3 aliphatic carbocycles. The lowest BCUT2D eigenvalue weighted by molar-refractivity contribution is -0.193. The summed E-state index contributed by atoms with van der Waals surface area (Å²) in [7, 11) is 0. The zero-order valence-electron chi connectivity index (χ0n) is 20.5. The number of hydrogen-bond acceptors (Lipinski definition) is 5. The average molecular weight is 471 g/mol. The summed E-state index contributed by atoms with van der Waals surface area (Å²) < 4.78 is 6.90. The van der Waals surface area contributed by atoms with Crippen molar-refractivity contribution in [1.82, 2.24) is 4.90 Å². The molecular weight excluding hydrogens is 436 g/mol. The van der Waals surface area contributed by atoms with Gasteiger partial charge in [-0.25, -0.2) is 0 Å². The number of rotatable bonds is 2. The molecule has 1 saturated heterocycles. The van der Waals surface area contributed by atoms with E-state index in [0.717, 1.165) is 56.8 Å². The van der Waals surface area contributed by atoms with E-state index in [1.807, 2.05) is 6.07 Å². The minimum atomic E-state index is -0.843. The Hall–Kier alpha value is -2.24. The van der Waals surface area contributed by atoms with Gasteiger partial charge < -0.3 is 19.8 Å². The first-order valence-electron chi connectivity index (χ1n) is 13.9. The first kappa shape index (κ1) is 19.9.